The van der Waals surface area contributed by atoms with E-state index in [9.17, 15) is 4.79 Å². The van der Waals surface area contributed by atoms with Gasteiger partial charge in [0.05, 0.1) is 11.7 Å². The highest BCUT2D eigenvalue weighted by atomic mass is 32.1. The van der Waals surface area contributed by atoms with Gasteiger partial charge >= 0.3 is 0 Å². The zero-order valence-corrected chi connectivity index (χ0v) is 15.4. The summed E-state index contributed by atoms with van der Waals surface area (Å²) in [5, 5.41) is 0. The zero-order valence-electron chi connectivity index (χ0n) is 14.6. The molecule has 1 saturated heterocycles. The van der Waals surface area contributed by atoms with Crippen LogP contribution in [0.25, 0.3) is 11.0 Å². The van der Waals surface area contributed by atoms with Gasteiger partial charge in [-0.05, 0) is 44.8 Å². The van der Waals surface area contributed by atoms with Crippen LogP contribution in [0, 0.1) is 0 Å². The van der Waals surface area contributed by atoms with Gasteiger partial charge in [-0.1, -0.05) is 6.07 Å². The van der Waals surface area contributed by atoms with Gasteiger partial charge in [-0.3, -0.25) is 4.79 Å². The van der Waals surface area contributed by atoms with E-state index in [0.717, 1.165) is 36.2 Å². The second kappa shape index (κ2) is 7.55. The molecule has 24 heavy (non-hydrogen) atoms. The highest BCUT2D eigenvalue weighted by Gasteiger charge is 2.23. The molecule has 2 heterocycles. The molecule has 0 bridgehead atoms. The van der Waals surface area contributed by atoms with E-state index in [1.807, 2.05) is 25.2 Å². The van der Waals surface area contributed by atoms with Crippen LogP contribution in [0.3, 0.4) is 0 Å². The van der Waals surface area contributed by atoms with E-state index in [4.69, 9.17) is 0 Å². The second-order valence-electron chi connectivity index (χ2n) is 6.77. The van der Waals surface area contributed by atoms with Gasteiger partial charge in [-0.2, -0.15) is 8.75 Å². The van der Waals surface area contributed by atoms with Crippen LogP contribution in [0.4, 0.5) is 0 Å². The number of hydrogen-bond acceptors (Lipinski definition) is 6. The lowest BCUT2D eigenvalue weighted by molar-refractivity contribution is -0.130. The number of nitrogens with zero attached hydrogens (tertiary/aromatic N) is 5. The summed E-state index contributed by atoms with van der Waals surface area (Å²) in [5.74, 6) is 0.185. The van der Waals surface area contributed by atoms with Crippen LogP contribution in [0.15, 0.2) is 18.2 Å². The van der Waals surface area contributed by atoms with Gasteiger partial charge < -0.3 is 14.7 Å². The molecule has 1 aliphatic rings. The Morgan fingerprint density at radius 2 is 2.12 bits per heavy atom. The van der Waals surface area contributed by atoms with E-state index in [2.05, 4.69) is 32.6 Å². The molecule has 1 atom stereocenters. The van der Waals surface area contributed by atoms with Gasteiger partial charge in [0.25, 0.3) is 0 Å². The molecule has 1 fully saturated rings. The average Bonchev–Trinajstić information content (AvgIpc) is 3.20. The van der Waals surface area contributed by atoms with Crippen molar-refractivity contribution in [3.8, 4) is 0 Å². The lowest BCUT2D eigenvalue weighted by Crippen LogP contribution is -2.37. The molecule has 0 N–H and O–H groups in total. The fourth-order valence-electron chi connectivity index (χ4n) is 3.21. The minimum absolute atomic E-state index is 0.185. The molecular weight excluding hydrogens is 322 g/mol. The first-order valence-corrected chi connectivity index (χ1v) is 9.10. The molecule has 3 rings (SSSR count). The monoisotopic (exact) mass is 347 g/mol. The van der Waals surface area contributed by atoms with E-state index in [1.165, 1.54) is 18.1 Å². The summed E-state index contributed by atoms with van der Waals surface area (Å²) in [5.41, 5.74) is 2.92. The number of carbonyl (C=O) groups is 1. The number of likely N-dealkylation sites (tertiary alicyclic amines) is 1. The third kappa shape index (κ3) is 4.09. The second-order valence-corrected chi connectivity index (χ2v) is 7.30. The van der Waals surface area contributed by atoms with Crippen molar-refractivity contribution in [1.29, 1.82) is 0 Å². The molecule has 1 aromatic carbocycles. The smallest absolute Gasteiger partial charge is 0.223 e. The largest absolute Gasteiger partial charge is 0.341 e. The summed E-state index contributed by atoms with van der Waals surface area (Å²) in [7, 11) is 6.15. The first kappa shape index (κ1) is 17.3. The van der Waals surface area contributed by atoms with Crippen LogP contribution in [0.5, 0.6) is 0 Å². The van der Waals surface area contributed by atoms with Crippen molar-refractivity contribution < 1.29 is 4.79 Å². The maximum Gasteiger partial charge on any atom is 0.223 e. The van der Waals surface area contributed by atoms with E-state index in [-0.39, 0.29) is 5.91 Å². The van der Waals surface area contributed by atoms with Crippen molar-refractivity contribution in [3.05, 3.63) is 23.8 Å². The van der Waals surface area contributed by atoms with Crippen molar-refractivity contribution in [3.63, 3.8) is 0 Å². The van der Waals surface area contributed by atoms with Crippen LogP contribution in [0.1, 0.15) is 18.4 Å². The summed E-state index contributed by atoms with van der Waals surface area (Å²) in [6.07, 6.45) is 1.76. The number of carbonyl (C=O) groups excluding carboxylic acids is 1. The molecule has 0 spiro atoms. The third-order valence-electron chi connectivity index (χ3n) is 4.83. The molecule has 1 unspecified atom stereocenters. The molecule has 7 heteroatoms. The van der Waals surface area contributed by atoms with Crippen molar-refractivity contribution >= 4 is 28.7 Å². The number of fused-ring (bicyclic) bond motifs is 1. The summed E-state index contributed by atoms with van der Waals surface area (Å²) in [6.45, 7) is 3.68. The van der Waals surface area contributed by atoms with E-state index in [0.29, 0.717) is 19.0 Å². The lowest BCUT2D eigenvalue weighted by atomic mass is 10.2. The van der Waals surface area contributed by atoms with Gasteiger partial charge in [0.2, 0.25) is 5.91 Å². The third-order valence-corrected chi connectivity index (χ3v) is 5.39. The van der Waals surface area contributed by atoms with Crippen LogP contribution in [-0.2, 0) is 11.3 Å². The van der Waals surface area contributed by atoms with E-state index < -0.39 is 0 Å². The Balaban J connectivity index is 1.49. The topological polar surface area (TPSA) is 52.6 Å². The first-order chi connectivity index (χ1) is 11.5. The average molecular weight is 347 g/mol. The highest BCUT2D eigenvalue weighted by Crippen LogP contribution is 2.16. The molecule has 1 aliphatic heterocycles. The SMILES string of the molecule is CN1CCC(N(C)CCC(=O)N(C)Cc2ccc3nsnc3c2)C1. The Labute approximate surface area is 147 Å². The van der Waals surface area contributed by atoms with Gasteiger partial charge in [0, 0.05) is 39.1 Å². The molecule has 2 aromatic rings. The lowest BCUT2D eigenvalue weighted by Gasteiger charge is -2.25. The quantitative estimate of drug-likeness (QED) is 0.796. The van der Waals surface area contributed by atoms with E-state index >= 15 is 0 Å². The summed E-state index contributed by atoms with van der Waals surface area (Å²) in [4.78, 5) is 18.9. The van der Waals surface area contributed by atoms with Crippen molar-refractivity contribution in [2.45, 2.75) is 25.4 Å². The van der Waals surface area contributed by atoms with Crippen molar-refractivity contribution in [1.82, 2.24) is 23.4 Å². The predicted molar refractivity (Wildman–Crippen MR) is 97.0 cm³/mol. The number of rotatable bonds is 6. The van der Waals surface area contributed by atoms with Crippen molar-refractivity contribution in [2.75, 3.05) is 40.8 Å². The number of likely N-dealkylation sites (N-methyl/N-ethyl adjacent to an activating group) is 2. The fourth-order valence-corrected chi connectivity index (χ4v) is 3.72. The number of amides is 1. The van der Waals surface area contributed by atoms with Gasteiger partial charge in [0.15, 0.2) is 0 Å². The minimum Gasteiger partial charge on any atom is -0.341 e. The molecular formula is C17H25N5OS. The summed E-state index contributed by atoms with van der Waals surface area (Å²) >= 11 is 1.22. The van der Waals surface area contributed by atoms with Crippen LogP contribution >= 0.6 is 11.7 Å². The Hall–Kier alpha value is -1.57. The van der Waals surface area contributed by atoms with Gasteiger partial charge in [-0.25, -0.2) is 0 Å². The van der Waals surface area contributed by atoms with Crippen LogP contribution in [-0.4, -0.2) is 76.2 Å². The Morgan fingerprint density at radius 3 is 2.88 bits per heavy atom. The highest BCUT2D eigenvalue weighted by molar-refractivity contribution is 7.00. The maximum atomic E-state index is 12.4. The normalized spacial score (nSPS) is 18.6. The molecule has 1 amide bonds. The summed E-state index contributed by atoms with van der Waals surface area (Å²) < 4.78 is 8.46. The van der Waals surface area contributed by atoms with E-state index in [1.54, 1.807) is 4.90 Å². The fraction of sp³-hybridized carbons (Fsp3) is 0.588. The standard InChI is InChI=1S/C17H25N5OS/c1-20-8-6-14(12-20)21(2)9-7-17(23)22(3)11-13-4-5-15-16(10-13)19-24-18-15/h4-5,10,14H,6-9,11-12H2,1-3H3. The van der Waals surface area contributed by atoms with Crippen LogP contribution in [0.2, 0.25) is 0 Å². The molecule has 0 aliphatic carbocycles. The predicted octanol–water partition coefficient (Wildman–Crippen LogP) is 1.68. The molecule has 6 nitrogen and oxygen atoms in total. The maximum absolute atomic E-state index is 12.4. The molecule has 130 valence electrons. The van der Waals surface area contributed by atoms with Gasteiger partial charge in [-0.15, -0.1) is 0 Å². The molecule has 1 aromatic heterocycles. The number of hydrogen-bond donors (Lipinski definition) is 0. The van der Waals surface area contributed by atoms with Gasteiger partial charge in [0.1, 0.15) is 11.0 Å². The Bertz CT molecular complexity index is 703. The first-order valence-electron chi connectivity index (χ1n) is 8.37. The Kier molecular flexibility index (Phi) is 5.43. The zero-order chi connectivity index (χ0) is 17.1. The number of aromatic nitrogens is 2. The Morgan fingerprint density at radius 1 is 1.33 bits per heavy atom. The molecule has 0 radical (unpaired) electrons. The number of benzene rings is 1. The minimum atomic E-state index is 0.185. The summed E-state index contributed by atoms with van der Waals surface area (Å²) in [6, 6.07) is 6.58. The molecule has 0 saturated carbocycles. The van der Waals surface area contributed by atoms with Crippen LogP contribution < -0.4 is 0 Å². The van der Waals surface area contributed by atoms with Crippen molar-refractivity contribution in [2.24, 2.45) is 0 Å².